The fraction of sp³-hybridized carbons (Fsp3) is 0.652. The smallest absolute Gasteiger partial charge is 0.309 e. The van der Waals surface area contributed by atoms with E-state index in [9.17, 15) is 18.0 Å². The average Bonchev–Trinajstić information content (AvgIpc) is 2.73. The van der Waals surface area contributed by atoms with Crippen LogP contribution in [0.4, 0.5) is 11.4 Å². The summed E-state index contributed by atoms with van der Waals surface area (Å²) in [6.45, 7) is 9.13. The summed E-state index contributed by atoms with van der Waals surface area (Å²) < 4.78 is 30.8. The van der Waals surface area contributed by atoms with Crippen molar-refractivity contribution in [3.05, 3.63) is 24.3 Å². The Balaban J connectivity index is 1.70. The molecule has 0 saturated carbocycles. The highest BCUT2D eigenvalue weighted by atomic mass is 32.2. The lowest BCUT2D eigenvalue weighted by molar-refractivity contribution is -0.148. The number of carbonyl (C=O) groups excluding carboxylic acids is 2. The van der Waals surface area contributed by atoms with Crippen LogP contribution in [-0.2, 0) is 24.3 Å². The molecule has 1 saturated heterocycles. The molecule has 1 aliphatic heterocycles. The van der Waals surface area contributed by atoms with Crippen LogP contribution in [0.3, 0.4) is 0 Å². The van der Waals surface area contributed by atoms with Gasteiger partial charge in [-0.3, -0.25) is 9.59 Å². The van der Waals surface area contributed by atoms with Crippen LogP contribution in [0.5, 0.6) is 0 Å². The van der Waals surface area contributed by atoms with E-state index in [-0.39, 0.29) is 17.8 Å². The van der Waals surface area contributed by atoms with Crippen molar-refractivity contribution >= 4 is 33.3 Å². The van der Waals surface area contributed by atoms with E-state index in [0.717, 1.165) is 37.3 Å². The predicted molar refractivity (Wildman–Crippen MR) is 127 cm³/mol. The number of amides is 1. The Morgan fingerprint density at radius 3 is 2.28 bits per heavy atom. The molecule has 1 aliphatic rings. The second-order valence-electron chi connectivity index (χ2n) is 9.08. The van der Waals surface area contributed by atoms with Crippen LogP contribution < -0.4 is 14.9 Å². The third-order valence-electron chi connectivity index (χ3n) is 5.56. The molecule has 0 bridgehead atoms. The predicted octanol–water partition coefficient (Wildman–Crippen LogP) is 3.29. The number of ether oxygens (including phenoxy) is 1. The molecule has 0 aliphatic carbocycles. The summed E-state index contributed by atoms with van der Waals surface area (Å²) in [5.41, 5.74) is 1.80. The van der Waals surface area contributed by atoms with Gasteiger partial charge in [-0.2, -0.15) is 0 Å². The van der Waals surface area contributed by atoms with Gasteiger partial charge in [0.05, 0.1) is 17.3 Å². The molecule has 1 aromatic carbocycles. The Hall–Kier alpha value is -2.13. The second-order valence-corrected chi connectivity index (χ2v) is 11.6. The van der Waals surface area contributed by atoms with E-state index in [2.05, 4.69) is 14.9 Å². The van der Waals surface area contributed by atoms with E-state index >= 15 is 0 Å². The maximum absolute atomic E-state index is 12.2. The van der Waals surface area contributed by atoms with Gasteiger partial charge in [0, 0.05) is 37.4 Å². The number of esters is 1. The molecule has 8 nitrogen and oxygen atoms in total. The van der Waals surface area contributed by atoms with Gasteiger partial charge < -0.3 is 15.0 Å². The van der Waals surface area contributed by atoms with Crippen molar-refractivity contribution in [2.45, 2.75) is 64.5 Å². The molecule has 9 heteroatoms. The van der Waals surface area contributed by atoms with E-state index in [4.69, 9.17) is 4.74 Å². The summed E-state index contributed by atoms with van der Waals surface area (Å²) >= 11 is 0. The SMILES string of the molecule is CCOC(=O)C1CCN(c2ccc(NC(=O)CCCCNS(=O)(=O)C(C)(C)C)cc2)CC1. The number of piperidine rings is 1. The molecule has 1 aromatic rings. The summed E-state index contributed by atoms with van der Waals surface area (Å²) in [4.78, 5) is 26.3. The van der Waals surface area contributed by atoms with Crippen molar-refractivity contribution in [2.24, 2.45) is 5.92 Å². The van der Waals surface area contributed by atoms with Gasteiger partial charge in [0.25, 0.3) is 0 Å². The first-order valence-electron chi connectivity index (χ1n) is 11.3. The minimum atomic E-state index is -3.35. The average molecular weight is 468 g/mol. The van der Waals surface area contributed by atoms with Gasteiger partial charge in [0.2, 0.25) is 15.9 Å². The summed E-state index contributed by atoms with van der Waals surface area (Å²) in [5.74, 6) is -0.211. The summed E-state index contributed by atoms with van der Waals surface area (Å²) in [6, 6.07) is 7.70. The van der Waals surface area contributed by atoms with Gasteiger partial charge in [-0.1, -0.05) is 0 Å². The van der Waals surface area contributed by atoms with E-state index in [1.54, 1.807) is 20.8 Å². The number of nitrogens with zero attached hydrogens (tertiary/aromatic N) is 1. The molecule has 0 unspecified atom stereocenters. The van der Waals surface area contributed by atoms with Gasteiger partial charge >= 0.3 is 5.97 Å². The van der Waals surface area contributed by atoms with Crippen molar-refractivity contribution in [3.8, 4) is 0 Å². The van der Waals surface area contributed by atoms with Crippen molar-refractivity contribution < 1.29 is 22.7 Å². The third kappa shape index (κ3) is 7.78. The van der Waals surface area contributed by atoms with Crippen LogP contribution in [0.15, 0.2) is 24.3 Å². The Kier molecular flexibility index (Phi) is 9.51. The van der Waals surface area contributed by atoms with Crippen LogP contribution in [0, 0.1) is 5.92 Å². The van der Waals surface area contributed by atoms with Gasteiger partial charge in [-0.05, 0) is 77.6 Å². The second kappa shape index (κ2) is 11.7. The standard InChI is InChI=1S/C23H37N3O5S/c1-5-31-22(28)18-13-16-26(17-14-18)20-11-9-19(10-12-20)25-21(27)8-6-7-15-24-32(29,30)23(2,3)4/h9-12,18,24H,5-8,13-17H2,1-4H3,(H,25,27). The van der Waals surface area contributed by atoms with Gasteiger partial charge in [-0.25, -0.2) is 13.1 Å². The molecular weight excluding hydrogens is 430 g/mol. The van der Waals surface area contributed by atoms with Crippen molar-refractivity contribution in [1.29, 1.82) is 0 Å². The van der Waals surface area contributed by atoms with Crippen LogP contribution in [0.1, 0.15) is 59.8 Å². The molecule has 32 heavy (non-hydrogen) atoms. The van der Waals surface area contributed by atoms with Crippen LogP contribution in [-0.4, -0.2) is 51.3 Å². The number of unbranched alkanes of at least 4 members (excludes halogenated alkanes) is 1. The van der Waals surface area contributed by atoms with Crippen molar-refractivity contribution in [2.75, 3.05) is 36.5 Å². The first kappa shape index (κ1) is 26.1. The zero-order chi connectivity index (χ0) is 23.8. The van der Waals surface area contributed by atoms with E-state index in [0.29, 0.717) is 32.4 Å². The highest BCUT2D eigenvalue weighted by molar-refractivity contribution is 7.90. The van der Waals surface area contributed by atoms with Crippen LogP contribution in [0.25, 0.3) is 0 Å². The number of hydrogen-bond donors (Lipinski definition) is 2. The molecule has 0 atom stereocenters. The number of nitrogens with one attached hydrogen (secondary N) is 2. The van der Waals surface area contributed by atoms with Crippen LogP contribution >= 0.6 is 0 Å². The monoisotopic (exact) mass is 467 g/mol. The first-order chi connectivity index (χ1) is 15.0. The van der Waals surface area contributed by atoms with E-state index in [1.807, 2.05) is 31.2 Å². The summed E-state index contributed by atoms with van der Waals surface area (Å²) in [7, 11) is -3.35. The van der Waals surface area contributed by atoms with E-state index in [1.165, 1.54) is 0 Å². The lowest BCUT2D eigenvalue weighted by Gasteiger charge is -2.32. The molecule has 1 amide bonds. The normalized spacial score (nSPS) is 15.4. The van der Waals surface area contributed by atoms with Gasteiger partial charge in [0.1, 0.15) is 0 Å². The highest BCUT2D eigenvalue weighted by Crippen LogP contribution is 2.25. The molecule has 2 N–H and O–H groups in total. The zero-order valence-corrected chi connectivity index (χ0v) is 20.5. The number of anilines is 2. The Bertz CT molecular complexity index is 855. The van der Waals surface area contributed by atoms with Crippen molar-refractivity contribution in [1.82, 2.24) is 4.72 Å². The molecule has 0 radical (unpaired) electrons. The number of benzene rings is 1. The Morgan fingerprint density at radius 2 is 1.72 bits per heavy atom. The maximum Gasteiger partial charge on any atom is 0.309 e. The lowest BCUT2D eigenvalue weighted by atomic mass is 9.96. The van der Waals surface area contributed by atoms with Gasteiger partial charge in [0.15, 0.2) is 0 Å². The first-order valence-corrected chi connectivity index (χ1v) is 12.8. The molecular formula is C23H37N3O5S. The van der Waals surface area contributed by atoms with E-state index < -0.39 is 14.8 Å². The lowest BCUT2D eigenvalue weighted by Crippen LogP contribution is -2.39. The molecule has 2 rings (SSSR count). The number of hydrogen-bond acceptors (Lipinski definition) is 6. The number of carbonyl (C=O) groups is 2. The number of sulfonamides is 1. The Morgan fingerprint density at radius 1 is 1.09 bits per heavy atom. The van der Waals surface area contributed by atoms with Gasteiger partial charge in [-0.15, -0.1) is 0 Å². The minimum Gasteiger partial charge on any atom is -0.466 e. The molecule has 1 fully saturated rings. The quantitative estimate of drug-likeness (QED) is 0.404. The topological polar surface area (TPSA) is 105 Å². The third-order valence-corrected chi connectivity index (χ3v) is 7.76. The largest absolute Gasteiger partial charge is 0.466 e. The fourth-order valence-electron chi connectivity index (χ4n) is 3.45. The molecule has 1 heterocycles. The maximum atomic E-state index is 12.2. The molecule has 0 spiro atoms. The highest BCUT2D eigenvalue weighted by Gasteiger charge is 2.28. The Labute approximate surface area is 192 Å². The summed E-state index contributed by atoms with van der Waals surface area (Å²) in [6.07, 6.45) is 3.10. The van der Waals surface area contributed by atoms with Crippen LogP contribution in [0.2, 0.25) is 0 Å². The van der Waals surface area contributed by atoms with Crippen molar-refractivity contribution in [3.63, 3.8) is 0 Å². The molecule has 0 aromatic heterocycles. The summed E-state index contributed by atoms with van der Waals surface area (Å²) in [5, 5.41) is 2.88. The minimum absolute atomic E-state index is 0.0199. The number of rotatable bonds is 10. The fourth-order valence-corrected chi connectivity index (χ4v) is 4.29. The molecule has 180 valence electrons. The zero-order valence-electron chi connectivity index (χ0n) is 19.6.